The lowest BCUT2D eigenvalue weighted by Crippen LogP contribution is -2.54. The molecule has 1 aliphatic rings. The van der Waals surface area contributed by atoms with Gasteiger partial charge in [0.15, 0.2) is 12.1 Å². The van der Waals surface area contributed by atoms with Gasteiger partial charge in [0.05, 0.1) is 18.8 Å². The molecule has 214 valence electrons. The number of rotatable bonds is 3. The standard InChI is InChI=1S/C25H34F3NO9/c1-14-19(30)18(36-16-10-8-15(9-11-16)25(26,27)28)13-34-12-17(20(31)35-14)29(21(32)37-23(2,3)4)22(33)38-24(5,6)7/h8-11,14,17-19,30H,12-13H2,1-7H3. The van der Waals surface area contributed by atoms with Crippen molar-refractivity contribution in [1.29, 1.82) is 0 Å². The molecule has 2 rings (SSSR count). The van der Waals surface area contributed by atoms with Crippen molar-refractivity contribution >= 4 is 18.2 Å². The van der Waals surface area contributed by atoms with Crippen LogP contribution in [0.4, 0.5) is 22.8 Å². The predicted molar refractivity (Wildman–Crippen MR) is 126 cm³/mol. The molecule has 0 radical (unpaired) electrons. The van der Waals surface area contributed by atoms with Crippen molar-refractivity contribution < 1.29 is 56.3 Å². The Morgan fingerprint density at radius 3 is 1.89 bits per heavy atom. The number of aliphatic hydroxyl groups is 1. The summed E-state index contributed by atoms with van der Waals surface area (Å²) in [5.41, 5.74) is -2.93. The van der Waals surface area contributed by atoms with Crippen LogP contribution in [0.3, 0.4) is 0 Å². The number of hydrogen-bond acceptors (Lipinski definition) is 9. The Kier molecular flexibility index (Phi) is 9.65. The molecule has 1 heterocycles. The third-order valence-corrected chi connectivity index (χ3v) is 4.95. The van der Waals surface area contributed by atoms with Crippen LogP contribution in [0, 0.1) is 0 Å². The van der Waals surface area contributed by atoms with E-state index in [1.807, 2.05) is 0 Å². The number of aliphatic hydroxyl groups excluding tert-OH is 1. The molecular formula is C25H34F3NO9. The topological polar surface area (TPSA) is 121 Å². The van der Waals surface area contributed by atoms with E-state index in [2.05, 4.69) is 0 Å². The van der Waals surface area contributed by atoms with E-state index >= 15 is 0 Å². The molecule has 0 aromatic heterocycles. The highest BCUT2D eigenvalue weighted by Gasteiger charge is 2.44. The number of halogens is 3. The molecule has 1 saturated heterocycles. The van der Waals surface area contributed by atoms with Crippen molar-refractivity contribution in [1.82, 2.24) is 4.90 Å². The molecule has 1 aromatic rings. The highest BCUT2D eigenvalue weighted by molar-refractivity contribution is 5.94. The molecule has 10 nitrogen and oxygen atoms in total. The zero-order valence-electron chi connectivity index (χ0n) is 22.3. The van der Waals surface area contributed by atoms with Gasteiger partial charge in [-0.3, -0.25) is 0 Å². The van der Waals surface area contributed by atoms with Gasteiger partial charge in [-0.25, -0.2) is 14.4 Å². The fraction of sp³-hybridized carbons (Fsp3) is 0.640. The second-order valence-corrected chi connectivity index (χ2v) is 10.7. The number of esters is 1. The largest absolute Gasteiger partial charge is 0.485 e. The van der Waals surface area contributed by atoms with Gasteiger partial charge in [0.25, 0.3) is 0 Å². The number of imide groups is 1. The van der Waals surface area contributed by atoms with Crippen LogP contribution < -0.4 is 4.74 Å². The van der Waals surface area contributed by atoms with E-state index < -0.39 is 72.1 Å². The van der Waals surface area contributed by atoms with Crippen LogP contribution in [0.25, 0.3) is 0 Å². The summed E-state index contributed by atoms with van der Waals surface area (Å²) >= 11 is 0. The zero-order valence-corrected chi connectivity index (χ0v) is 22.3. The Labute approximate surface area is 218 Å². The van der Waals surface area contributed by atoms with Crippen LogP contribution in [0.15, 0.2) is 24.3 Å². The summed E-state index contributed by atoms with van der Waals surface area (Å²) in [7, 11) is 0. The van der Waals surface area contributed by atoms with Crippen molar-refractivity contribution in [3.05, 3.63) is 29.8 Å². The molecule has 1 aliphatic heterocycles. The first kappa shape index (κ1) is 31.2. The lowest BCUT2D eigenvalue weighted by Gasteiger charge is -2.32. The fourth-order valence-corrected chi connectivity index (χ4v) is 3.23. The molecule has 1 fully saturated rings. The molecule has 38 heavy (non-hydrogen) atoms. The van der Waals surface area contributed by atoms with E-state index in [1.54, 1.807) is 41.5 Å². The summed E-state index contributed by atoms with van der Waals surface area (Å²) < 4.78 is 65.6. The molecular weight excluding hydrogens is 515 g/mol. The van der Waals surface area contributed by atoms with Crippen LogP contribution in [-0.4, -0.2) is 76.9 Å². The number of amides is 2. The van der Waals surface area contributed by atoms with Crippen LogP contribution in [0.2, 0.25) is 0 Å². The van der Waals surface area contributed by atoms with Gasteiger partial charge in [0.1, 0.15) is 29.2 Å². The van der Waals surface area contributed by atoms with Crippen LogP contribution >= 0.6 is 0 Å². The van der Waals surface area contributed by atoms with Crippen molar-refractivity contribution in [2.45, 2.75) is 90.2 Å². The first-order valence-electron chi connectivity index (χ1n) is 11.8. The van der Waals surface area contributed by atoms with Gasteiger partial charge in [-0.1, -0.05) is 0 Å². The number of benzene rings is 1. The van der Waals surface area contributed by atoms with E-state index in [0.717, 1.165) is 24.3 Å². The van der Waals surface area contributed by atoms with Crippen LogP contribution in [0.1, 0.15) is 54.0 Å². The van der Waals surface area contributed by atoms with E-state index in [9.17, 15) is 32.7 Å². The van der Waals surface area contributed by atoms with Gasteiger partial charge < -0.3 is 28.8 Å². The second-order valence-electron chi connectivity index (χ2n) is 10.7. The molecule has 1 aromatic carbocycles. The van der Waals surface area contributed by atoms with Gasteiger partial charge in [-0.05, 0) is 72.7 Å². The minimum atomic E-state index is -4.54. The minimum absolute atomic E-state index is 0.00381. The second kappa shape index (κ2) is 11.8. The van der Waals surface area contributed by atoms with Gasteiger partial charge in [-0.15, -0.1) is 0 Å². The van der Waals surface area contributed by atoms with E-state index in [-0.39, 0.29) is 12.4 Å². The van der Waals surface area contributed by atoms with E-state index in [0.29, 0.717) is 4.90 Å². The number of ether oxygens (including phenoxy) is 5. The quantitative estimate of drug-likeness (QED) is 0.434. The molecule has 13 heteroatoms. The minimum Gasteiger partial charge on any atom is -0.485 e. The number of hydrogen-bond donors (Lipinski definition) is 1. The van der Waals surface area contributed by atoms with Crippen molar-refractivity contribution in [2.24, 2.45) is 0 Å². The predicted octanol–water partition coefficient (Wildman–Crippen LogP) is 4.32. The summed E-state index contributed by atoms with van der Waals surface area (Å²) in [4.78, 5) is 39.4. The van der Waals surface area contributed by atoms with Crippen molar-refractivity contribution in [3.8, 4) is 5.75 Å². The lowest BCUT2D eigenvalue weighted by atomic mass is 10.1. The van der Waals surface area contributed by atoms with Crippen LogP contribution in [-0.2, 0) is 29.9 Å². The summed E-state index contributed by atoms with van der Waals surface area (Å²) in [6, 6.07) is 2.15. The molecule has 4 unspecified atom stereocenters. The third kappa shape index (κ3) is 9.05. The zero-order chi connectivity index (χ0) is 29.1. The Morgan fingerprint density at radius 2 is 1.45 bits per heavy atom. The maximum Gasteiger partial charge on any atom is 0.420 e. The maximum absolute atomic E-state index is 13.0. The first-order valence-corrected chi connectivity index (χ1v) is 11.8. The summed E-state index contributed by atoms with van der Waals surface area (Å²) in [6.07, 6.45) is -10.8. The molecule has 4 atom stereocenters. The fourth-order valence-electron chi connectivity index (χ4n) is 3.23. The Bertz CT molecular complexity index is 956. The average Bonchev–Trinajstić information content (AvgIpc) is 2.77. The van der Waals surface area contributed by atoms with E-state index in [4.69, 9.17) is 23.7 Å². The van der Waals surface area contributed by atoms with E-state index in [1.165, 1.54) is 6.92 Å². The van der Waals surface area contributed by atoms with Gasteiger partial charge in [0.2, 0.25) is 0 Å². The number of carbonyl (C=O) groups is 3. The third-order valence-electron chi connectivity index (χ3n) is 4.95. The molecule has 1 N–H and O–H groups in total. The molecule has 2 amide bonds. The SMILES string of the molecule is CC1OC(=O)C(N(C(=O)OC(C)(C)C)C(=O)OC(C)(C)C)COCC(Oc2ccc(C(F)(F)F)cc2)C1O. The normalized spacial score (nSPS) is 23.3. The first-order chi connectivity index (χ1) is 17.3. The smallest absolute Gasteiger partial charge is 0.420 e. The highest BCUT2D eigenvalue weighted by Crippen LogP contribution is 2.31. The lowest BCUT2D eigenvalue weighted by molar-refractivity contribution is -0.161. The van der Waals surface area contributed by atoms with Crippen molar-refractivity contribution in [3.63, 3.8) is 0 Å². The summed E-state index contributed by atoms with van der Waals surface area (Å²) in [6.45, 7) is 9.82. The number of nitrogens with zero attached hydrogens (tertiary/aromatic N) is 1. The molecule has 0 saturated carbocycles. The molecule has 0 aliphatic carbocycles. The van der Waals surface area contributed by atoms with Crippen molar-refractivity contribution in [2.75, 3.05) is 13.2 Å². The average molecular weight is 550 g/mol. The Morgan fingerprint density at radius 1 is 0.947 bits per heavy atom. The van der Waals surface area contributed by atoms with Gasteiger partial charge in [0, 0.05) is 0 Å². The summed E-state index contributed by atoms with van der Waals surface area (Å²) in [5.74, 6) is -1.08. The maximum atomic E-state index is 13.0. The molecule has 0 spiro atoms. The monoisotopic (exact) mass is 549 g/mol. The van der Waals surface area contributed by atoms with Gasteiger partial charge in [-0.2, -0.15) is 18.1 Å². The Balaban J connectivity index is 2.29. The molecule has 0 bridgehead atoms. The summed E-state index contributed by atoms with van der Waals surface area (Å²) in [5, 5.41) is 10.7. The number of cyclic esters (lactones) is 1. The number of alkyl halides is 3. The van der Waals surface area contributed by atoms with Crippen LogP contribution in [0.5, 0.6) is 5.75 Å². The van der Waals surface area contributed by atoms with Gasteiger partial charge >= 0.3 is 24.3 Å². The number of carbonyl (C=O) groups excluding carboxylic acids is 3. The Hall–Kier alpha value is -3.06. The highest BCUT2D eigenvalue weighted by atomic mass is 19.4.